The first-order valence-electron chi connectivity index (χ1n) is 5.69. The first-order valence-corrected chi connectivity index (χ1v) is 8.12. The standard InChI is InChI=1S/C12H14N2O3S2/c1-9(6-10-4-5-18-8-10)14-19(16,17)11-2-3-12(15)13-7-11/h2-5,7-9,14H,6H2,1H3,(H,13,15). The zero-order chi connectivity index (χ0) is 13.9. The summed E-state index contributed by atoms with van der Waals surface area (Å²) >= 11 is 1.58. The van der Waals surface area contributed by atoms with Crippen molar-refractivity contribution in [2.75, 3.05) is 0 Å². The van der Waals surface area contributed by atoms with Gasteiger partial charge in [-0.3, -0.25) is 4.79 Å². The van der Waals surface area contributed by atoms with Crippen LogP contribution in [0.4, 0.5) is 0 Å². The lowest BCUT2D eigenvalue weighted by Gasteiger charge is -2.13. The molecule has 1 unspecified atom stereocenters. The molecule has 0 radical (unpaired) electrons. The zero-order valence-corrected chi connectivity index (χ0v) is 11.9. The number of thiophene rings is 1. The summed E-state index contributed by atoms with van der Waals surface area (Å²) in [6, 6.07) is 4.23. The Morgan fingerprint density at radius 1 is 1.37 bits per heavy atom. The summed E-state index contributed by atoms with van der Waals surface area (Å²) in [7, 11) is -3.60. The van der Waals surface area contributed by atoms with Crippen molar-refractivity contribution in [2.45, 2.75) is 24.3 Å². The molecule has 0 bridgehead atoms. The van der Waals surface area contributed by atoms with Crippen LogP contribution in [0, 0.1) is 0 Å². The van der Waals surface area contributed by atoms with Crippen LogP contribution in [0.1, 0.15) is 12.5 Å². The van der Waals surface area contributed by atoms with Crippen molar-refractivity contribution < 1.29 is 8.42 Å². The van der Waals surface area contributed by atoms with Crippen LogP contribution in [0.25, 0.3) is 0 Å². The van der Waals surface area contributed by atoms with E-state index in [1.54, 1.807) is 18.3 Å². The van der Waals surface area contributed by atoms with Crippen LogP contribution in [0.15, 0.2) is 44.8 Å². The minimum Gasteiger partial charge on any atom is -0.328 e. The number of hydrogen-bond donors (Lipinski definition) is 2. The predicted molar refractivity (Wildman–Crippen MR) is 74.9 cm³/mol. The van der Waals surface area contributed by atoms with Gasteiger partial charge in [0.25, 0.3) is 0 Å². The summed E-state index contributed by atoms with van der Waals surface area (Å²) in [4.78, 5) is 13.3. The van der Waals surface area contributed by atoms with Gasteiger partial charge in [-0.05, 0) is 41.8 Å². The van der Waals surface area contributed by atoms with Gasteiger partial charge in [0.1, 0.15) is 0 Å². The maximum absolute atomic E-state index is 12.1. The second-order valence-electron chi connectivity index (χ2n) is 4.25. The molecule has 2 aromatic rings. The normalized spacial score (nSPS) is 13.3. The number of sulfonamides is 1. The molecule has 2 N–H and O–H groups in total. The van der Waals surface area contributed by atoms with E-state index >= 15 is 0 Å². The summed E-state index contributed by atoms with van der Waals surface area (Å²) in [5, 5.41) is 3.95. The Morgan fingerprint density at radius 3 is 2.74 bits per heavy atom. The fourth-order valence-corrected chi connectivity index (χ4v) is 3.59. The third kappa shape index (κ3) is 3.76. The number of aromatic nitrogens is 1. The summed E-state index contributed by atoms with van der Waals surface area (Å²) in [5.41, 5.74) is 0.770. The molecule has 2 rings (SSSR count). The number of hydrogen-bond acceptors (Lipinski definition) is 4. The van der Waals surface area contributed by atoms with Gasteiger partial charge in [0, 0.05) is 18.3 Å². The topological polar surface area (TPSA) is 79.0 Å². The van der Waals surface area contributed by atoms with Gasteiger partial charge < -0.3 is 4.98 Å². The van der Waals surface area contributed by atoms with E-state index in [4.69, 9.17) is 0 Å². The largest absolute Gasteiger partial charge is 0.328 e. The maximum Gasteiger partial charge on any atom is 0.247 e. The average molecular weight is 298 g/mol. The van der Waals surface area contributed by atoms with Gasteiger partial charge in [-0.2, -0.15) is 11.3 Å². The molecular weight excluding hydrogens is 284 g/mol. The summed E-state index contributed by atoms with van der Waals surface area (Å²) in [6.07, 6.45) is 1.83. The molecule has 0 saturated heterocycles. The average Bonchev–Trinajstić information content (AvgIpc) is 2.81. The molecule has 19 heavy (non-hydrogen) atoms. The number of H-pyrrole nitrogens is 1. The molecule has 0 spiro atoms. The Bertz CT molecular complexity index is 670. The van der Waals surface area contributed by atoms with Gasteiger partial charge in [-0.1, -0.05) is 0 Å². The second-order valence-corrected chi connectivity index (χ2v) is 6.74. The number of rotatable bonds is 5. The predicted octanol–water partition coefficient (Wildman–Crippen LogP) is 1.35. The maximum atomic E-state index is 12.1. The van der Waals surface area contributed by atoms with E-state index < -0.39 is 10.0 Å². The fourth-order valence-electron chi connectivity index (χ4n) is 1.70. The van der Waals surface area contributed by atoms with E-state index in [1.165, 1.54) is 18.3 Å². The molecule has 0 saturated carbocycles. The van der Waals surface area contributed by atoms with Crippen molar-refractivity contribution in [1.29, 1.82) is 0 Å². The van der Waals surface area contributed by atoms with E-state index in [-0.39, 0.29) is 16.5 Å². The molecule has 102 valence electrons. The summed E-state index contributed by atoms with van der Waals surface area (Å²) < 4.78 is 26.7. The molecule has 0 aliphatic heterocycles. The molecule has 2 aromatic heterocycles. The van der Waals surface area contributed by atoms with E-state index in [0.717, 1.165) is 5.56 Å². The molecule has 0 aromatic carbocycles. The van der Waals surface area contributed by atoms with Crippen LogP contribution < -0.4 is 10.3 Å². The van der Waals surface area contributed by atoms with Crippen LogP contribution >= 0.6 is 11.3 Å². The van der Waals surface area contributed by atoms with Crippen LogP contribution in [-0.4, -0.2) is 19.4 Å². The molecule has 0 amide bonds. The fraction of sp³-hybridized carbons (Fsp3) is 0.250. The quantitative estimate of drug-likeness (QED) is 0.874. The van der Waals surface area contributed by atoms with Crippen molar-refractivity contribution in [3.63, 3.8) is 0 Å². The molecule has 0 aliphatic carbocycles. The Balaban J connectivity index is 2.08. The highest BCUT2D eigenvalue weighted by molar-refractivity contribution is 7.89. The lowest BCUT2D eigenvalue weighted by molar-refractivity contribution is 0.559. The van der Waals surface area contributed by atoms with Gasteiger partial charge in [-0.15, -0.1) is 0 Å². The second kappa shape index (κ2) is 5.68. The molecule has 7 heteroatoms. The molecular formula is C12H14N2O3S2. The van der Waals surface area contributed by atoms with Crippen LogP contribution in [0.2, 0.25) is 0 Å². The highest BCUT2D eigenvalue weighted by Gasteiger charge is 2.17. The minimum atomic E-state index is -3.60. The van der Waals surface area contributed by atoms with Gasteiger partial charge in [-0.25, -0.2) is 13.1 Å². The van der Waals surface area contributed by atoms with Crippen molar-refractivity contribution in [2.24, 2.45) is 0 Å². The molecule has 5 nitrogen and oxygen atoms in total. The number of nitrogens with one attached hydrogen (secondary N) is 2. The van der Waals surface area contributed by atoms with Crippen molar-refractivity contribution in [3.05, 3.63) is 51.1 Å². The number of pyridine rings is 1. The van der Waals surface area contributed by atoms with E-state index in [2.05, 4.69) is 9.71 Å². The van der Waals surface area contributed by atoms with Crippen molar-refractivity contribution in [3.8, 4) is 0 Å². The first kappa shape index (κ1) is 14.0. The Hall–Kier alpha value is -1.44. The first-order chi connectivity index (χ1) is 8.97. The molecule has 0 fully saturated rings. The molecule has 2 heterocycles. The molecule has 0 aliphatic rings. The van der Waals surface area contributed by atoms with Gasteiger partial charge in [0.05, 0.1) is 4.90 Å². The van der Waals surface area contributed by atoms with E-state index in [0.29, 0.717) is 6.42 Å². The van der Waals surface area contributed by atoms with Gasteiger partial charge in [0.2, 0.25) is 15.6 Å². The Labute approximate surface area is 115 Å². The highest BCUT2D eigenvalue weighted by Crippen LogP contribution is 2.11. The SMILES string of the molecule is CC(Cc1ccsc1)NS(=O)(=O)c1ccc(=O)[nH]c1. The summed E-state index contributed by atoms with van der Waals surface area (Å²) in [5.74, 6) is 0. The van der Waals surface area contributed by atoms with E-state index in [9.17, 15) is 13.2 Å². The Kier molecular flexibility index (Phi) is 4.18. The zero-order valence-electron chi connectivity index (χ0n) is 10.3. The summed E-state index contributed by atoms with van der Waals surface area (Å²) in [6.45, 7) is 1.81. The molecule has 1 atom stereocenters. The lowest BCUT2D eigenvalue weighted by Crippen LogP contribution is -2.34. The Morgan fingerprint density at radius 2 is 2.16 bits per heavy atom. The van der Waals surface area contributed by atoms with Gasteiger partial charge >= 0.3 is 0 Å². The third-order valence-electron chi connectivity index (χ3n) is 2.54. The van der Waals surface area contributed by atoms with Crippen molar-refractivity contribution >= 4 is 21.4 Å². The van der Waals surface area contributed by atoms with Crippen LogP contribution in [-0.2, 0) is 16.4 Å². The third-order valence-corrected chi connectivity index (χ3v) is 4.86. The minimum absolute atomic E-state index is 0.0595. The van der Waals surface area contributed by atoms with Crippen LogP contribution in [0.3, 0.4) is 0 Å². The number of aromatic amines is 1. The smallest absolute Gasteiger partial charge is 0.247 e. The van der Waals surface area contributed by atoms with Gasteiger partial charge in [0.15, 0.2) is 0 Å². The van der Waals surface area contributed by atoms with Crippen LogP contribution in [0.5, 0.6) is 0 Å². The monoisotopic (exact) mass is 298 g/mol. The van der Waals surface area contributed by atoms with Crippen molar-refractivity contribution in [1.82, 2.24) is 9.71 Å². The highest BCUT2D eigenvalue weighted by atomic mass is 32.2. The van der Waals surface area contributed by atoms with E-state index in [1.807, 2.05) is 16.8 Å². The lowest BCUT2D eigenvalue weighted by atomic mass is 10.1.